The van der Waals surface area contributed by atoms with E-state index in [0.29, 0.717) is 19.8 Å². The molecule has 0 saturated carbocycles. The van der Waals surface area contributed by atoms with Crippen molar-refractivity contribution in [2.75, 3.05) is 33.5 Å². The van der Waals surface area contributed by atoms with E-state index in [1.165, 1.54) is 12.0 Å². The molecule has 12 heavy (non-hydrogen) atoms. The van der Waals surface area contributed by atoms with Crippen molar-refractivity contribution in [1.82, 2.24) is 4.90 Å². The van der Waals surface area contributed by atoms with E-state index in [-0.39, 0.29) is 18.7 Å². The Balaban J connectivity index is 2.46. The maximum absolute atomic E-state index is 11.0. The molecule has 1 aliphatic rings. The highest BCUT2D eigenvalue weighted by atomic mass is 16.6. The number of methoxy groups -OCH3 is 1. The number of aliphatic hydroxyl groups is 1. The fourth-order valence-corrected chi connectivity index (χ4v) is 1.17. The number of aliphatic hydroxyl groups excluding tert-OH is 1. The molecule has 0 aromatic carbocycles. The van der Waals surface area contributed by atoms with Gasteiger partial charge in [-0.15, -0.1) is 0 Å². The largest absolute Gasteiger partial charge is 0.448 e. The normalized spacial score (nSPS) is 19.5. The van der Waals surface area contributed by atoms with E-state index in [1.54, 1.807) is 0 Å². The van der Waals surface area contributed by atoms with Crippen LogP contribution in [0.25, 0.3) is 0 Å². The molecule has 1 fully saturated rings. The predicted octanol–water partition coefficient (Wildman–Crippen LogP) is -0.554. The van der Waals surface area contributed by atoms with Gasteiger partial charge >= 0.3 is 6.09 Å². The first kappa shape index (κ1) is 9.28. The van der Waals surface area contributed by atoms with Gasteiger partial charge in [-0.25, -0.2) is 4.79 Å². The van der Waals surface area contributed by atoms with Crippen molar-refractivity contribution in [1.29, 1.82) is 0 Å². The second kappa shape index (κ2) is 4.27. The topological polar surface area (TPSA) is 59.0 Å². The number of cyclic esters (lactones) is 1. The van der Waals surface area contributed by atoms with Gasteiger partial charge in [0.05, 0.1) is 25.8 Å². The maximum Gasteiger partial charge on any atom is 0.410 e. The predicted molar refractivity (Wildman–Crippen MR) is 40.8 cm³/mol. The number of rotatable bonds is 4. The lowest BCUT2D eigenvalue weighted by molar-refractivity contribution is 0.0720. The van der Waals surface area contributed by atoms with E-state index in [4.69, 9.17) is 14.6 Å². The van der Waals surface area contributed by atoms with E-state index in [0.717, 1.165) is 0 Å². The minimum absolute atomic E-state index is 0.0943. The lowest BCUT2D eigenvalue weighted by Gasteiger charge is -2.22. The number of carbonyl (C=O) groups excluding carboxylic acids is 1. The van der Waals surface area contributed by atoms with Crippen molar-refractivity contribution in [3.05, 3.63) is 0 Å². The molecule has 1 saturated heterocycles. The molecule has 1 atom stereocenters. The number of nitrogens with zero attached hydrogens (tertiary/aromatic N) is 1. The van der Waals surface area contributed by atoms with Gasteiger partial charge in [-0.1, -0.05) is 0 Å². The van der Waals surface area contributed by atoms with Crippen LogP contribution in [0.1, 0.15) is 0 Å². The summed E-state index contributed by atoms with van der Waals surface area (Å²) in [6.07, 6.45) is -0.369. The zero-order valence-corrected chi connectivity index (χ0v) is 7.02. The van der Waals surface area contributed by atoms with Crippen LogP contribution >= 0.6 is 0 Å². The Hall–Kier alpha value is -0.810. The fourth-order valence-electron chi connectivity index (χ4n) is 1.17. The molecule has 0 spiro atoms. The standard InChI is InChI=1S/C7H13NO4/c1-11-5-6(4-9)8-2-3-12-7(8)10/h6,9H,2-5H2,1H3. The van der Waals surface area contributed by atoms with Crippen LogP contribution in [0.4, 0.5) is 4.79 Å². The van der Waals surface area contributed by atoms with Crippen LogP contribution in [0.3, 0.4) is 0 Å². The van der Waals surface area contributed by atoms with E-state index in [9.17, 15) is 4.79 Å². The molecule has 70 valence electrons. The molecule has 1 N–H and O–H groups in total. The zero-order valence-electron chi connectivity index (χ0n) is 7.02. The van der Waals surface area contributed by atoms with Gasteiger partial charge in [0.25, 0.3) is 0 Å². The van der Waals surface area contributed by atoms with E-state index in [2.05, 4.69) is 0 Å². The summed E-state index contributed by atoms with van der Waals surface area (Å²) in [6.45, 7) is 1.18. The molecule has 1 rings (SSSR count). The average Bonchev–Trinajstić information content (AvgIpc) is 2.47. The lowest BCUT2D eigenvalue weighted by Crippen LogP contribution is -2.41. The first-order valence-electron chi connectivity index (χ1n) is 3.82. The zero-order chi connectivity index (χ0) is 8.97. The summed E-state index contributed by atoms with van der Waals surface area (Å²) in [6, 6.07) is -0.273. The van der Waals surface area contributed by atoms with Crippen LogP contribution in [-0.4, -0.2) is 55.6 Å². The number of hydrogen-bond donors (Lipinski definition) is 1. The molecule has 1 unspecified atom stereocenters. The maximum atomic E-state index is 11.0. The number of carbonyl (C=O) groups is 1. The molecule has 0 aliphatic carbocycles. The number of hydrogen-bond acceptors (Lipinski definition) is 4. The minimum Gasteiger partial charge on any atom is -0.448 e. The highest BCUT2D eigenvalue weighted by molar-refractivity contribution is 5.69. The Bertz CT molecular complexity index is 161. The molecule has 5 heteroatoms. The van der Waals surface area contributed by atoms with Gasteiger partial charge < -0.3 is 14.6 Å². The Morgan fingerprint density at radius 2 is 2.58 bits per heavy atom. The van der Waals surface area contributed by atoms with Gasteiger partial charge in [-0.05, 0) is 0 Å². The number of ether oxygens (including phenoxy) is 2. The molecule has 0 aromatic rings. The highest BCUT2D eigenvalue weighted by Crippen LogP contribution is 2.08. The Morgan fingerprint density at radius 3 is 3.00 bits per heavy atom. The van der Waals surface area contributed by atoms with E-state index < -0.39 is 0 Å². The quantitative estimate of drug-likeness (QED) is 0.622. The fraction of sp³-hybridized carbons (Fsp3) is 0.857. The second-order valence-corrected chi connectivity index (χ2v) is 2.60. The van der Waals surface area contributed by atoms with Crippen molar-refractivity contribution in [3.63, 3.8) is 0 Å². The van der Waals surface area contributed by atoms with Crippen LogP contribution in [0.15, 0.2) is 0 Å². The molecule has 0 radical (unpaired) electrons. The van der Waals surface area contributed by atoms with E-state index in [1.807, 2.05) is 0 Å². The van der Waals surface area contributed by atoms with Crippen LogP contribution in [0.2, 0.25) is 0 Å². The summed E-state index contributed by atoms with van der Waals surface area (Å²) in [4.78, 5) is 12.5. The van der Waals surface area contributed by atoms with Gasteiger partial charge in [0, 0.05) is 7.11 Å². The Morgan fingerprint density at radius 1 is 1.83 bits per heavy atom. The van der Waals surface area contributed by atoms with Gasteiger partial charge in [-0.2, -0.15) is 0 Å². The Kier molecular flexibility index (Phi) is 3.31. The average molecular weight is 175 g/mol. The first-order valence-corrected chi connectivity index (χ1v) is 3.82. The van der Waals surface area contributed by atoms with Crippen molar-refractivity contribution >= 4 is 6.09 Å². The minimum atomic E-state index is -0.369. The molecule has 1 aliphatic heterocycles. The summed E-state index contributed by atoms with van der Waals surface area (Å²) in [5, 5.41) is 8.91. The van der Waals surface area contributed by atoms with Crippen LogP contribution < -0.4 is 0 Å². The van der Waals surface area contributed by atoms with Crippen molar-refractivity contribution < 1.29 is 19.4 Å². The summed E-state index contributed by atoms with van der Waals surface area (Å²) in [5.41, 5.74) is 0. The molecular weight excluding hydrogens is 162 g/mol. The molecule has 0 bridgehead atoms. The first-order chi connectivity index (χ1) is 5.79. The van der Waals surface area contributed by atoms with Crippen molar-refractivity contribution in [2.24, 2.45) is 0 Å². The summed E-state index contributed by atoms with van der Waals surface area (Å²) < 4.78 is 9.56. The highest BCUT2D eigenvalue weighted by Gasteiger charge is 2.28. The molecular formula is C7H13NO4. The van der Waals surface area contributed by atoms with Gasteiger partial charge in [-0.3, -0.25) is 4.90 Å². The van der Waals surface area contributed by atoms with Crippen LogP contribution in [-0.2, 0) is 9.47 Å². The lowest BCUT2D eigenvalue weighted by atomic mass is 10.3. The number of amides is 1. The SMILES string of the molecule is COCC(CO)N1CCOC1=O. The summed E-state index contributed by atoms with van der Waals surface area (Å²) in [7, 11) is 1.53. The van der Waals surface area contributed by atoms with E-state index >= 15 is 0 Å². The molecule has 1 amide bonds. The van der Waals surface area contributed by atoms with Crippen LogP contribution in [0.5, 0.6) is 0 Å². The molecule has 0 aromatic heterocycles. The van der Waals surface area contributed by atoms with Gasteiger partial charge in [0.2, 0.25) is 0 Å². The summed E-state index contributed by atoms with van der Waals surface area (Å²) in [5.74, 6) is 0. The van der Waals surface area contributed by atoms with Gasteiger partial charge in [0.1, 0.15) is 6.61 Å². The smallest absolute Gasteiger partial charge is 0.410 e. The van der Waals surface area contributed by atoms with Gasteiger partial charge in [0.15, 0.2) is 0 Å². The summed E-state index contributed by atoms with van der Waals surface area (Å²) >= 11 is 0. The third-order valence-corrected chi connectivity index (χ3v) is 1.80. The third-order valence-electron chi connectivity index (χ3n) is 1.80. The van der Waals surface area contributed by atoms with Crippen molar-refractivity contribution in [3.8, 4) is 0 Å². The Labute approximate surface area is 70.9 Å². The third kappa shape index (κ3) is 1.86. The molecule has 5 nitrogen and oxygen atoms in total. The second-order valence-electron chi connectivity index (χ2n) is 2.60. The monoisotopic (exact) mass is 175 g/mol. The van der Waals surface area contributed by atoms with Crippen LogP contribution in [0, 0.1) is 0 Å². The van der Waals surface area contributed by atoms with Crippen molar-refractivity contribution in [2.45, 2.75) is 6.04 Å². The molecule has 1 heterocycles.